The van der Waals surface area contributed by atoms with Gasteiger partial charge in [-0.25, -0.2) is 0 Å². The van der Waals surface area contributed by atoms with E-state index in [0.717, 1.165) is 5.56 Å². The zero-order valence-electron chi connectivity index (χ0n) is 13.0. The first-order valence-electron chi connectivity index (χ1n) is 6.81. The fraction of sp³-hybridized carbons (Fsp3) is 0.333. The largest absolute Gasteiger partial charge is 0.144 e. The van der Waals surface area contributed by atoms with E-state index in [1.165, 1.54) is 16.7 Å². The molecule has 0 aliphatic rings. The predicted octanol–water partition coefficient (Wildman–Crippen LogP) is 5.82. The monoisotopic (exact) mass is 479 g/mol. The second-order valence-corrected chi connectivity index (χ2v) is 3.65. The SMILES string of the molecule is CC.CC.Cc1c[c-]c(-c2ccc(C)cc2)cc1.[U]. The summed E-state index contributed by atoms with van der Waals surface area (Å²) in [5, 5.41) is 0. The minimum absolute atomic E-state index is 0. The van der Waals surface area contributed by atoms with E-state index in [1.54, 1.807) is 0 Å². The van der Waals surface area contributed by atoms with E-state index in [1.807, 2.05) is 33.8 Å². The van der Waals surface area contributed by atoms with Crippen LogP contribution in [0.3, 0.4) is 0 Å². The minimum atomic E-state index is 0. The Morgan fingerprint density at radius 3 is 1.58 bits per heavy atom. The summed E-state index contributed by atoms with van der Waals surface area (Å²) >= 11 is 0. The standard InChI is InChI=1S/C14H13.2C2H6.U/c1-11-3-7-13(8-4-11)14-9-5-12(2)6-10-14;2*1-2;/h3-9H,1-2H3;2*1-2H3;/q-1;;;. The molecule has 0 unspecified atom stereocenters. The van der Waals surface area contributed by atoms with Crippen molar-refractivity contribution >= 4 is 0 Å². The van der Waals surface area contributed by atoms with Gasteiger partial charge in [0.25, 0.3) is 0 Å². The molecule has 0 radical (unpaired) electrons. The molecule has 0 heterocycles. The van der Waals surface area contributed by atoms with Gasteiger partial charge in [0, 0.05) is 31.1 Å². The van der Waals surface area contributed by atoms with Crippen LogP contribution in [0.1, 0.15) is 38.8 Å². The zero-order chi connectivity index (χ0) is 14.0. The third-order valence-electron chi connectivity index (χ3n) is 2.33. The number of rotatable bonds is 1. The molecule has 0 aliphatic heterocycles. The number of benzene rings is 2. The van der Waals surface area contributed by atoms with Crippen LogP contribution < -0.4 is 0 Å². The summed E-state index contributed by atoms with van der Waals surface area (Å²) in [7, 11) is 0. The zero-order valence-corrected chi connectivity index (χ0v) is 17.2. The first-order chi connectivity index (χ1) is 8.75. The maximum atomic E-state index is 3.27. The van der Waals surface area contributed by atoms with Gasteiger partial charge in [0.05, 0.1) is 0 Å². The summed E-state index contributed by atoms with van der Waals surface area (Å²) in [5.74, 6) is 0. The van der Waals surface area contributed by atoms with E-state index >= 15 is 0 Å². The normalized spacial score (nSPS) is 8.11. The molecule has 0 N–H and O–H groups in total. The third-order valence-corrected chi connectivity index (χ3v) is 2.33. The Morgan fingerprint density at radius 2 is 1.16 bits per heavy atom. The van der Waals surface area contributed by atoms with Crippen molar-refractivity contribution in [3.63, 3.8) is 0 Å². The molecular formula is C18H25U-. The maximum absolute atomic E-state index is 3.27. The van der Waals surface area contributed by atoms with Crippen molar-refractivity contribution in [1.29, 1.82) is 0 Å². The van der Waals surface area contributed by atoms with Gasteiger partial charge in [-0.2, -0.15) is 0 Å². The van der Waals surface area contributed by atoms with Crippen LogP contribution in [0.2, 0.25) is 0 Å². The summed E-state index contributed by atoms with van der Waals surface area (Å²) in [6.45, 7) is 12.2. The van der Waals surface area contributed by atoms with Crippen LogP contribution in [0.4, 0.5) is 0 Å². The van der Waals surface area contributed by atoms with Gasteiger partial charge in [0.1, 0.15) is 0 Å². The summed E-state index contributed by atoms with van der Waals surface area (Å²) in [5.41, 5.74) is 4.94. The molecule has 0 fully saturated rings. The van der Waals surface area contributed by atoms with Gasteiger partial charge in [-0.3, -0.25) is 0 Å². The van der Waals surface area contributed by atoms with Gasteiger partial charge in [-0.1, -0.05) is 70.0 Å². The van der Waals surface area contributed by atoms with Crippen LogP contribution in [0.15, 0.2) is 42.5 Å². The third kappa shape index (κ3) is 7.61. The number of hydrogen-bond donors (Lipinski definition) is 0. The van der Waals surface area contributed by atoms with Crippen molar-refractivity contribution in [3.05, 3.63) is 59.7 Å². The quantitative estimate of drug-likeness (QED) is 0.452. The molecule has 0 aliphatic carbocycles. The van der Waals surface area contributed by atoms with Gasteiger partial charge < -0.3 is 0 Å². The summed E-state index contributed by atoms with van der Waals surface area (Å²) in [4.78, 5) is 0. The van der Waals surface area contributed by atoms with Gasteiger partial charge in [0.15, 0.2) is 0 Å². The number of hydrogen-bond acceptors (Lipinski definition) is 0. The van der Waals surface area contributed by atoms with Crippen LogP contribution in [-0.4, -0.2) is 0 Å². The molecule has 19 heavy (non-hydrogen) atoms. The maximum Gasteiger partial charge on any atom is 0 e. The second kappa shape index (κ2) is 12.5. The van der Waals surface area contributed by atoms with E-state index in [2.05, 4.69) is 56.3 Å². The molecule has 102 valence electrons. The van der Waals surface area contributed by atoms with E-state index in [-0.39, 0.29) is 31.1 Å². The Balaban J connectivity index is 0. The first kappa shape index (κ1) is 20.8. The van der Waals surface area contributed by atoms with Crippen LogP contribution >= 0.6 is 0 Å². The molecule has 0 amide bonds. The van der Waals surface area contributed by atoms with Crippen molar-refractivity contribution in [2.75, 3.05) is 0 Å². The van der Waals surface area contributed by atoms with Crippen LogP contribution in [0.5, 0.6) is 0 Å². The molecule has 0 saturated carbocycles. The Morgan fingerprint density at radius 1 is 0.684 bits per heavy atom. The molecule has 2 aromatic carbocycles. The van der Waals surface area contributed by atoms with E-state index in [9.17, 15) is 0 Å². The van der Waals surface area contributed by atoms with Crippen molar-refractivity contribution in [2.24, 2.45) is 0 Å². The van der Waals surface area contributed by atoms with Crippen LogP contribution in [0, 0.1) is 51.0 Å². The van der Waals surface area contributed by atoms with E-state index < -0.39 is 0 Å². The van der Waals surface area contributed by atoms with Gasteiger partial charge in [0.2, 0.25) is 0 Å². The van der Waals surface area contributed by atoms with Crippen LogP contribution in [-0.2, 0) is 0 Å². The Labute approximate surface area is 143 Å². The Kier molecular flexibility index (Phi) is 13.7. The minimum Gasteiger partial charge on any atom is -0.144 e. The molecule has 2 rings (SSSR count). The number of aryl methyl sites for hydroxylation is 2. The molecule has 1 heteroatoms. The Hall–Kier alpha value is -0.508. The summed E-state index contributed by atoms with van der Waals surface area (Å²) in [6.07, 6.45) is 0. The second-order valence-electron chi connectivity index (χ2n) is 3.65. The van der Waals surface area contributed by atoms with Crippen molar-refractivity contribution in [2.45, 2.75) is 41.5 Å². The molecule has 0 atom stereocenters. The van der Waals surface area contributed by atoms with Gasteiger partial charge in [-0.05, 0) is 6.92 Å². The van der Waals surface area contributed by atoms with Gasteiger partial charge >= 0.3 is 0 Å². The molecule has 0 saturated heterocycles. The van der Waals surface area contributed by atoms with Crippen LogP contribution in [0.25, 0.3) is 11.1 Å². The van der Waals surface area contributed by atoms with Crippen molar-refractivity contribution < 1.29 is 31.1 Å². The van der Waals surface area contributed by atoms with E-state index in [0.29, 0.717) is 0 Å². The molecule has 2 aromatic rings. The smallest absolute Gasteiger partial charge is 0 e. The Bertz CT molecular complexity index is 369. The van der Waals surface area contributed by atoms with Crippen molar-refractivity contribution in [1.82, 2.24) is 0 Å². The fourth-order valence-corrected chi connectivity index (χ4v) is 1.42. The summed E-state index contributed by atoms with van der Waals surface area (Å²) < 4.78 is 0. The molecule has 0 nitrogen and oxygen atoms in total. The average Bonchev–Trinajstić information content (AvgIpc) is 2.45. The van der Waals surface area contributed by atoms with Crippen molar-refractivity contribution in [3.8, 4) is 11.1 Å². The molecule has 0 spiro atoms. The fourth-order valence-electron chi connectivity index (χ4n) is 1.42. The molecular weight excluding hydrogens is 454 g/mol. The first-order valence-corrected chi connectivity index (χ1v) is 6.81. The molecule has 0 bridgehead atoms. The summed E-state index contributed by atoms with van der Waals surface area (Å²) in [6, 6.07) is 18.1. The predicted molar refractivity (Wildman–Crippen MR) is 82.9 cm³/mol. The molecule has 0 aromatic heterocycles. The topological polar surface area (TPSA) is 0 Å². The van der Waals surface area contributed by atoms with Gasteiger partial charge in [-0.15, -0.1) is 35.4 Å². The average molecular weight is 479 g/mol. The van der Waals surface area contributed by atoms with E-state index in [4.69, 9.17) is 0 Å².